The van der Waals surface area contributed by atoms with E-state index in [0.717, 1.165) is 0 Å². The van der Waals surface area contributed by atoms with E-state index >= 15 is 0 Å². The zero-order valence-corrected chi connectivity index (χ0v) is 16.1. The van der Waals surface area contributed by atoms with Crippen molar-refractivity contribution in [2.75, 3.05) is 13.7 Å². The lowest BCUT2D eigenvalue weighted by atomic mass is 10.2. The van der Waals surface area contributed by atoms with Gasteiger partial charge in [-0.3, -0.25) is 14.6 Å². The van der Waals surface area contributed by atoms with Gasteiger partial charge in [0.2, 0.25) is 11.7 Å². The Labute approximate surface area is 166 Å². The maximum atomic E-state index is 13.1. The minimum atomic E-state index is -0.542. The number of amides is 1. The van der Waals surface area contributed by atoms with Crippen molar-refractivity contribution in [3.8, 4) is 11.5 Å². The monoisotopic (exact) mass is 399 g/mol. The first-order chi connectivity index (χ1) is 13.5. The SMILES string of the molecule is COC(=O)CN(Cc1ccccn1)C(=O)c1oc(-c2ccc(Cl)cc2)nc1C. The van der Waals surface area contributed by atoms with Crippen molar-refractivity contribution < 1.29 is 18.7 Å². The summed E-state index contributed by atoms with van der Waals surface area (Å²) in [7, 11) is 1.27. The standard InChI is InChI=1S/C20H18ClN3O4/c1-13-18(28-19(23-13)14-6-8-15(21)9-7-14)20(26)24(12-17(25)27-2)11-16-5-3-4-10-22-16/h3-10H,11-12H2,1-2H3. The largest absolute Gasteiger partial charge is 0.468 e. The molecule has 0 saturated heterocycles. The molecular formula is C20H18ClN3O4. The Kier molecular flexibility index (Phi) is 6.06. The summed E-state index contributed by atoms with van der Waals surface area (Å²) < 4.78 is 10.4. The number of hydrogen-bond donors (Lipinski definition) is 0. The molecule has 0 aliphatic rings. The number of benzene rings is 1. The van der Waals surface area contributed by atoms with Crippen LogP contribution in [0, 0.1) is 6.92 Å². The Morgan fingerprint density at radius 1 is 1.18 bits per heavy atom. The second-order valence-corrected chi connectivity index (χ2v) is 6.44. The maximum Gasteiger partial charge on any atom is 0.325 e. The number of aromatic nitrogens is 2. The number of hydrogen-bond acceptors (Lipinski definition) is 6. The molecule has 0 atom stereocenters. The summed E-state index contributed by atoms with van der Waals surface area (Å²) in [5.74, 6) is -0.654. The molecule has 0 spiro atoms. The molecule has 0 aliphatic heterocycles. The Bertz CT molecular complexity index is 971. The van der Waals surface area contributed by atoms with E-state index in [4.69, 9.17) is 20.8 Å². The number of oxazole rings is 1. The second kappa shape index (κ2) is 8.67. The minimum Gasteiger partial charge on any atom is -0.468 e. The van der Waals surface area contributed by atoms with Gasteiger partial charge in [0.1, 0.15) is 6.54 Å². The number of esters is 1. The fourth-order valence-corrected chi connectivity index (χ4v) is 2.69. The molecule has 0 saturated carbocycles. The van der Waals surface area contributed by atoms with E-state index in [1.54, 1.807) is 49.5 Å². The molecule has 3 aromatic rings. The number of carbonyl (C=O) groups is 2. The van der Waals surface area contributed by atoms with Gasteiger partial charge in [-0.05, 0) is 43.3 Å². The van der Waals surface area contributed by atoms with Crippen LogP contribution in [0.3, 0.4) is 0 Å². The van der Waals surface area contributed by atoms with Crippen LogP contribution < -0.4 is 0 Å². The number of rotatable bonds is 6. The van der Waals surface area contributed by atoms with Crippen molar-refractivity contribution in [2.24, 2.45) is 0 Å². The third-order valence-corrected chi connectivity index (χ3v) is 4.25. The van der Waals surface area contributed by atoms with Gasteiger partial charge in [-0.1, -0.05) is 17.7 Å². The molecule has 8 heteroatoms. The van der Waals surface area contributed by atoms with Crippen LogP contribution in [-0.2, 0) is 16.1 Å². The normalized spacial score (nSPS) is 10.5. The Morgan fingerprint density at radius 3 is 2.57 bits per heavy atom. The smallest absolute Gasteiger partial charge is 0.325 e. The van der Waals surface area contributed by atoms with Gasteiger partial charge in [-0.2, -0.15) is 0 Å². The molecule has 7 nitrogen and oxygen atoms in total. The molecule has 0 aliphatic carbocycles. The second-order valence-electron chi connectivity index (χ2n) is 6.00. The molecule has 2 aromatic heterocycles. The van der Waals surface area contributed by atoms with Crippen molar-refractivity contribution in [3.63, 3.8) is 0 Å². The predicted octanol–water partition coefficient (Wildman–Crippen LogP) is 3.51. The first-order valence-corrected chi connectivity index (χ1v) is 8.85. The van der Waals surface area contributed by atoms with Crippen LogP contribution in [-0.4, -0.2) is 40.4 Å². The molecular weight excluding hydrogens is 382 g/mol. The van der Waals surface area contributed by atoms with E-state index in [9.17, 15) is 9.59 Å². The van der Waals surface area contributed by atoms with Crippen molar-refractivity contribution in [1.82, 2.24) is 14.9 Å². The molecule has 1 aromatic carbocycles. The van der Waals surface area contributed by atoms with Crippen LogP contribution >= 0.6 is 11.6 Å². The van der Waals surface area contributed by atoms with Gasteiger partial charge in [0, 0.05) is 16.8 Å². The first-order valence-electron chi connectivity index (χ1n) is 8.47. The number of ether oxygens (including phenoxy) is 1. The lowest BCUT2D eigenvalue weighted by Crippen LogP contribution is -2.36. The molecule has 0 fully saturated rings. The van der Waals surface area contributed by atoms with Crippen LogP contribution in [0.25, 0.3) is 11.5 Å². The molecule has 1 amide bonds. The summed E-state index contributed by atoms with van der Waals surface area (Å²) in [6.07, 6.45) is 1.62. The number of methoxy groups -OCH3 is 1. The maximum absolute atomic E-state index is 13.1. The number of aryl methyl sites for hydroxylation is 1. The van der Waals surface area contributed by atoms with E-state index in [-0.39, 0.29) is 18.8 Å². The molecule has 0 unspecified atom stereocenters. The summed E-state index contributed by atoms with van der Waals surface area (Å²) in [6.45, 7) is 1.57. The van der Waals surface area contributed by atoms with Gasteiger partial charge in [-0.25, -0.2) is 4.98 Å². The lowest BCUT2D eigenvalue weighted by Gasteiger charge is -2.20. The molecule has 28 heavy (non-hydrogen) atoms. The highest BCUT2D eigenvalue weighted by Crippen LogP contribution is 2.24. The van der Waals surface area contributed by atoms with Crippen molar-refractivity contribution >= 4 is 23.5 Å². The van der Waals surface area contributed by atoms with Gasteiger partial charge < -0.3 is 14.1 Å². The Balaban J connectivity index is 1.89. The predicted molar refractivity (Wildman–Crippen MR) is 103 cm³/mol. The number of halogens is 1. The minimum absolute atomic E-state index is 0.0600. The van der Waals surface area contributed by atoms with Crippen LogP contribution in [0.2, 0.25) is 5.02 Å². The van der Waals surface area contributed by atoms with Crippen molar-refractivity contribution in [1.29, 1.82) is 0 Å². The quantitative estimate of drug-likeness (QED) is 0.589. The first kappa shape index (κ1) is 19.6. The van der Waals surface area contributed by atoms with Gasteiger partial charge in [0.25, 0.3) is 5.91 Å². The zero-order valence-electron chi connectivity index (χ0n) is 15.4. The van der Waals surface area contributed by atoms with Gasteiger partial charge in [0.05, 0.1) is 25.0 Å². The van der Waals surface area contributed by atoms with Crippen LogP contribution in [0.1, 0.15) is 21.9 Å². The number of pyridine rings is 1. The highest BCUT2D eigenvalue weighted by atomic mass is 35.5. The molecule has 0 N–H and O–H groups in total. The summed E-state index contributed by atoms with van der Waals surface area (Å²) in [6, 6.07) is 12.3. The fraction of sp³-hybridized carbons (Fsp3) is 0.200. The van der Waals surface area contributed by atoms with Crippen LogP contribution in [0.15, 0.2) is 53.1 Å². The molecule has 2 heterocycles. The Morgan fingerprint density at radius 2 is 1.93 bits per heavy atom. The highest BCUT2D eigenvalue weighted by molar-refractivity contribution is 6.30. The summed E-state index contributed by atoms with van der Waals surface area (Å²) in [5.41, 5.74) is 1.75. The molecule has 0 bridgehead atoms. The summed E-state index contributed by atoms with van der Waals surface area (Å²) >= 11 is 5.91. The topological polar surface area (TPSA) is 85.5 Å². The summed E-state index contributed by atoms with van der Waals surface area (Å²) in [5, 5.41) is 0.586. The third kappa shape index (κ3) is 4.55. The van der Waals surface area contributed by atoms with Gasteiger partial charge in [0.15, 0.2) is 0 Å². The fourth-order valence-electron chi connectivity index (χ4n) is 2.56. The van der Waals surface area contributed by atoms with Crippen LogP contribution in [0.5, 0.6) is 0 Å². The molecule has 0 radical (unpaired) electrons. The average molecular weight is 400 g/mol. The highest BCUT2D eigenvalue weighted by Gasteiger charge is 2.26. The average Bonchev–Trinajstić information content (AvgIpc) is 3.09. The van der Waals surface area contributed by atoms with E-state index in [0.29, 0.717) is 27.9 Å². The van der Waals surface area contributed by atoms with E-state index < -0.39 is 11.9 Å². The lowest BCUT2D eigenvalue weighted by molar-refractivity contribution is -0.141. The van der Waals surface area contributed by atoms with Gasteiger partial charge in [-0.15, -0.1) is 0 Å². The third-order valence-electron chi connectivity index (χ3n) is 4.00. The Hall–Kier alpha value is -3.19. The van der Waals surface area contributed by atoms with Crippen molar-refractivity contribution in [2.45, 2.75) is 13.5 Å². The molecule has 144 valence electrons. The summed E-state index contributed by atoms with van der Waals surface area (Å²) in [4.78, 5) is 34.7. The van der Waals surface area contributed by atoms with Crippen molar-refractivity contribution in [3.05, 3.63) is 70.8 Å². The number of carbonyl (C=O) groups excluding carboxylic acids is 2. The van der Waals surface area contributed by atoms with Gasteiger partial charge >= 0.3 is 5.97 Å². The van der Waals surface area contributed by atoms with E-state index in [1.807, 2.05) is 6.07 Å². The van der Waals surface area contributed by atoms with E-state index in [2.05, 4.69) is 9.97 Å². The zero-order chi connectivity index (χ0) is 20.1. The number of nitrogens with zero attached hydrogens (tertiary/aromatic N) is 3. The molecule has 3 rings (SSSR count). The van der Waals surface area contributed by atoms with Crippen LogP contribution in [0.4, 0.5) is 0 Å². The van der Waals surface area contributed by atoms with E-state index in [1.165, 1.54) is 12.0 Å².